The zero-order chi connectivity index (χ0) is 13.7. The van der Waals surface area contributed by atoms with Gasteiger partial charge in [0, 0.05) is 13.1 Å². The smallest absolute Gasteiger partial charge is 0.358 e. The van der Waals surface area contributed by atoms with Gasteiger partial charge in [-0.3, -0.25) is 4.79 Å². The van der Waals surface area contributed by atoms with Crippen LogP contribution in [0.1, 0.15) is 23.3 Å². The number of carboxylic acids is 1. The number of amides is 1. The summed E-state index contributed by atoms with van der Waals surface area (Å²) >= 11 is 0. The fourth-order valence-corrected chi connectivity index (χ4v) is 2.02. The number of nitrogens with one attached hydrogen (secondary N) is 2. The molecule has 1 atom stereocenters. The maximum Gasteiger partial charge on any atom is 0.358 e. The number of aromatic carboxylic acids is 1. The Morgan fingerprint density at radius 1 is 1.58 bits per heavy atom. The molecule has 3 N–H and O–H groups in total. The van der Waals surface area contributed by atoms with E-state index in [2.05, 4.69) is 20.9 Å². The Bertz CT molecular complexity index is 453. The van der Waals surface area contributed by atoms with Gasteiger partial charge in [-0.1, -0.05) is 5.21 Å². The highest BCUT2D eigenvalue weighted by Gasteiger charge is 2.20. The molecule has 8 nitrogen and oxygen atoms in total. The SMILES string of the molecule is O=C(O)c1cn(CCNC(=O)[C@@H]2CCCNC2)nn1. The van der Waals surface area contributed by atoms with Crippen molar-refractivity contribution in [1.82, 2.24) is 25.6 Å². The van der Waals surface area contributed by atoms with E-state index in [1.807, 2.05) is 0 Å². The third-order valence-electron chi connectivity index (χ3n) is 3.07. The molecule has 8 heteroatoms. The van der Waals surface area contributed by atoms with Gasteiger partial charge in [0.05, 0.1) is 18.7 Å². The van der Waals surface area contributed by atoms with E-state index in [0.717, 1.165) is 25.9 Å². The van der Waals surface area contributed by atoms with Gasteiger partial charge in [-0.05, 0) is 19.4 Å². The van der Waals surface area contributed by atoms with Crippen molar-refractivity contribution in [3.63, 3.8) is 0 Å². The van der Waals surface area contributed by atoms with Crippen molar-refractivity contribution in [1.29, 1.82) is 0 Å². The monoisotopic (exact) mass is 267 g/mol. The molecular weight excluding hydrogens is 250 g/mol. The molecule has 1 aromatic rings. The second-order valence-corrected chi connectivity index (χ2v) is 4.51. The zero-order valence-electron chi connectivity index (χ0n) is 10.5. The Hall–Kier alpha value is -1.96. The van der Waals surface area contributed by atoms with E-state index in [-0.39, 0.29) is 17.5 Å². The van der Waals surface area contributed by atoms with Gasteiger partial charge < -0.3 is 15.7 Å². The molecule has 1 aliphatic heterocycles. The van der Waals surface area contributed by atoms with Gasteiger partial charge >= 0.3 is 5.97 Å². The first kappa shape index (κ1) is 13.5. The molecule has 1 aromatic heterocycles. The van der Waals surface area contributed by atoms with E-state index in [0.29, 0.717) is 13.1 Å². The highest BCUT2D eigenvalue weighted by Crippen LogP contribution is 2.09. The molecule has 0 radical (unpaired) electrons. The van der Waals surface area contributed by atoms with Crippen LogP contribution in [0, 0.1) is 5.92 Å². The van der Waals surface area contributed by atoms with Crippen LogP contribution in [0.15, 0.2) is 6.20 Å². The molecule has 1 aliphatic rings. The van der Waals surface area contributed by atoms with Crippen LogP contribution >= 0.6 is 0 Å². The zero-order valence-corrected chi connectivity index (χ0v) is 10.5. The van der Waals surface area contributed by atoms with E-state index in [1.54, 1.807) is 0 Å². The van der Waals surface area contributed by atoms with E-state index in [4.69, 9.17) is 5.11 Å². The van der Waals surface area contributed by atoms with Crippen molar-refractivity contribution in [2.45, 2.75) is 19.4 Å². The fraction of sp³-hybridized carbons (Fsp3) is 0.636. The molecule has 2 rings (SSSR count). The lowest BCUT2D eigenvalue weighted by molar-refractivity contribution is -0.125. The number of carboxylic acid groups (broad SMARTS) is 1. The van der Waals surface area contributed by atoms with Crippen LogP contribution in [0.4, 0.5) is 0 Å². The predicted octanol–water partition coefficient (Wildman–Crippen LogP) is -0.908. The summed E-state index contributed by atoms with van der Waals surface area (Å²) in [7, 11) is 0. The molecule has 1 saturated heterocycles. The summed E-state index contributed by atoms with van der Waals surface area (Å²) in [6, 6.07) is 0. The fourth-order valence-electron chi connectivity index (χ4n) is 2.02. The standard InChI is InChI=1S/C11H17N5O3/c17-10(8-2-1-3-12-6-8)13-4-5-16-7-9(11(18)19)14-15-16/h7-8,12H,1-6H2,(H,13,17)(H,18,19)/t8-/m1/s1. The second-order valence-electron chi connectivity index (χ2n) is 4.51. The summed E-state index contributed by atoms with van der Waals surface area (Å²) in [5.41, 5.74) is -0.0946. The molecule has 1 fully saturated rings. The van der Waals surface area contributed by atoms with Crippen LogP contribution in [0.3, 0.4) is 0 Å². The Morgan fingerprint density at radius 3 is 3.05 bits per heavy atom. The van der Waals surface area contributed by atoms with Gasteiger partial charge in [-0.2, -0.15) is 0 Å². The minimum atomic E-state index is -1.11. The summed E-state index contributed by atoms with van der Waals surface area (Å²) in [6.45, 7) is 2.52. The first-order valence-corrected chi connectivity index (χ1v) is 6.28. The van der Waals surface area contributed by atoms with Crippen LogP contribution in [0.5, 0.6) is 0 Å². The number of hydrogen-bond donors (Lipinski definition) is 3. The molecule has 0 saturated carbocycles. The molecule has 104 valence electrons. The predicted molar refractivity (Wildman–Crippen MR) is 65.6 cm³/mol. The number of rotatable bonds is 5. The average Bonchev–Trinajstić information content (AvgIpc) is 2.89. The summed E-state index contributed by atoms with van der Waals surface area (Å²) in [5, 5.41) is 21.9. The lowest BCUT2D eigenvalue weighted by atomic mass is 9.99. The van der Waals surface area contributed by atoms with Crippen molar-refractivity contribution in [2.75, 3.05) is 19.6 Å². The van der Waals surface area contributed by atoms with E-state index >= 15 is 0 Å². The highest BCUT2D eigenvalue weighted by molar-refractivity contribution is 5.84. The number of nitrogens with zero attached hydrogens (tertiary/aromatic N) is 3. The van der Waals surface area contributed by atoms with Crippen molar-refractivity contribution >= 4 is 11.9 Å². The van der Waals surface area contributed by atoms with Gasteiger partial charge in [0.25, 0.3) is 0 Å². The van der Waals surface area contributed by atoms with Crippen molar-refractivity contribution in [3.05, 3.63) is 11.9 Å². The van der Waals surface area contributed by atoms with Gasteiger partial charge in [0.1, 0.15) is 0 Å². The Kier molecular flexibility index (Phi) is 4.45. The normalized spacial score (nSPS) is 19.1. The van der Waals surface area contributed by atoms with Crippen LogP contribution in [-0.2, 0) is 11.3 Å². The van der Waals surface area contributed by atoms with Gasteiger partial charge in [0.15, 0.2) is 5.69 Å². The lowest BCUT2D eigenvalue weighted by Crippen LogP contribution is -2.41. The number of carbonyl (C=O) groups is 2. The van der Waals surface area contributed by atoms with E-state index in [9.17, 15) is 9.59 Å². The third-order valence-corrected chi connectivity index (χ3v) is 3.07. The summed E-state index contributed by atoms with van der Waals surface area (Å²) in [4.78, 5) is 22.4. The van der Waals surface area contributed by atoms with E-state index < -0.39 is 5.97 Å². The average molecular weight is 267 g/mol. The molecule has 0 unspecified atom stereocenters. The quantitative estimate of drug-likeness (QED) is 0.637. The number of piperidine rings is 1. The molecule has 1 amide bonds. The number of carbonyl (C=O) groups excluding carboxylic acids is 1. The maximum atomic E-state index is 11.8. The van der Waals surface area contributed by atoms with Gasteiger partial charge in [-0.25, -0.2) is 9.48 Å². The lowest BCUT2D eigenvalue weighted by Gasteiger charge is -2.21. The Labute approximate surface area is 110 Å². The topological polar surface area (TPSA) is 109 Å². The number of aromatic nitrogens is 3. The van der Waals surface area contributed by atoms with Crippen LogP contribution < -0.4 is 10.6 Å². The molecule has 2 heterocycles. The second kappa shape index (κ2) is 6.28. The first-order valence-electron chi connectivity index (χ1n) is 6.28. The Balaban J connectivity index is 1.73. The molecule has 0 spiro atoms. The molecule has 0 bridgehead atoms. The first-order chi connectivity index (χ1) is 9.16. The van der Waals surface area contributed by atoms with Crippen molar-refractivity contribution in [2.24, 2.45) is 5.92 Å². The molecule has 0 aliphatic carbocycles. The van der Waals surface area contributed by atoms with Crippen LogP contribution in [0.25, 0.3) is 0 Å². The largest absolute Gasteiger partial charge is 0.476 e. The van der Waals surface area contributed by atoms with Crippen LogP contribution in [0.2, 0.25) is 0 Å². The molecular formula is C11H17N5O3. The van der Waals surface area contributed by atoms with Crippen molar-refractivity contribution < 1.29 is 14.7 Å². The van der Waals surface area contributed by atoms with Gasteiger partial charge in [-0.15, -0.1) is 5.10 Å². The molecule has 19 heavy (non-hydrogen) atoms. The van der Waals surface area contributed by atoms with Crippen molar-refractivity contribution in [3.8, 4) is 0 Å². The Morgan fingerprint density at radius 2 is 2.42 bits per heavy atom. The minimum Gasteiger partial charge on any atom is -0.476 e. The summed E-state index contributed by atoms with van der Waals surface area (Å²) < 4.78 is 1.41. The van der Waals surface area contributed by atoms with Crippen LogP contribution in [-0.4, -0.2) is 51.6 Å². The molecule has 0 aromatic carbocycles. The summed E-state index contributed by atoms with van der Waals surface area (Å²) in [5.74, 6) is -1.05. The minimum absolute atomic E-state index is 0.0269. The number of hydrogen-bond acceptors (Lipinski definition) is 5. The summed E-state index contributed by atoms with van der Waals surface area (Å²) in [6.07, 6.45) is 3.27. The van der Waals surface area contributed by atoms with E-state index in [1.165, 1.54) is 10.9 Å². The maximum absolute atomic E-state index is 11.8. The van der Waals surface area contributed by atoms with Gasteiger partial charge in [0.2, 0.25) is 5.91 Å². The highest BCUT2D eigenvalue weighted by atomic mass is 16.4. The third kappa shape index (κ3) is 3.75.